The number of hydrogen-bond donors (Lipinski definition) is 0. The molecule has 1 aliphatic rings. The largest absolute Gasteiger partial charge is 0.452 e. The van der Waals surface area contributed by atoms with Crippen LogP contribution in [0.1, 0.15) is 21.5 Å². The fourth-order valence-corrected chi connectivity index (χ4v) is 4.75. The van der Waals surface area contributed by atoms with Crippen molar-refractivity contribution in [2.45, 2.75) is 18.7 Å². The maximum absolute atomic E-state index is 12.7. The van der Waals surface area contributed by atoms with E-state index in [0.29, 0.717) is 10.6 Å². The van der Waals surface area contributed by atoms with Gasteiger partial charge in [-0.2, -0.15) is 4.31 Å². The molecule has 9 heteroatoms. The molecule has 30 heavy (non-hydrogen) atoms. The van der Waals surface area contributed by atoms with Gasteiger partial charge < -0.3 is 9.64 Å². The number of ether oxygens (including phenoxy) is 1. The maximum atomic E-state index is 12.7. The summed E-state index contributed by atoms with van der Waals surface area (Å²) >= 11 is 5.82. The van der Waals surface area contributed by atoms with E-state index in [1.54, 1.807) is 12.1 Å². The number of esters is 1. The molecule has 160 valence electrons. The van der Waals surface area contributed by atoms with E-state index in [2.05, 4.69) is 0 Å². The predicted molar refractivity (Wildman–Crippen MR) is 113 cm³/mol. The molecule has 1 fully saturated rings. The van der Waals surface area contributed by atoms with Gasteiger partial charge in [-0.15, -0.1) is 0 Å². The third-order valence-corrected chi connectivity index (χ3v) is 7.36. The van der Waals surface area contributed by atoms with Crippen LogP contribution in [0.2, 0.25) is 5.02 Å². The van der Waals surface area contributed by atoms with Crippen LogP contribution in [0, 0.1) is 13.8 Å². The quantitative estimate of drug-likeness (QED) is 0.654. The molecule has 7 nitrogen and oxygen atoms in total. The fourth-order valence-electron chi connectivity index (χ4n) is 3.20. The Morgan fingerprint density at radius 3 is 2.27 bits per heavy atom. The standard InChI is InChI=1S/C21H23ClN2O5S/c1-15-4-3-5-19(16(15)2)21(26)29-14-20(25)23-10-12-24(13-11-23)30(27,28)18-8-6-17(22)7-9-18/h3-9H,10-14H2,1-2H3. The van der Waals surface area contributed by atoms with Crippen LogP contribution in [0.4, 0.5) is 0 Å². The Labute approximate surface area is 181 Å². The Balaban J connectivity index is 1.54. The van der Waals surface area contributed by atoms with Gasteiger partial charge in [0.25, 0.3) is 5.91 Å². The summed E-state index contributed by atoms with van der Waals surface area (Å²) in [5.74, 6) is -0.898. The molecule has 0 aromatic heterocycles. The molecule has 0 saturated carbocycles. The van der Waals surface area contributed by atoms with E-state index >= 15 is 0 Å². The molecule has 1 saturated heterocycles. The van der Waals surface area contributed by atoms with Crippen molar-refractivity contribution in [3.05, 3.63) is 64.2 Å². The molecule has 3 rings (SSSR count). The highest BCUT2D eigenvalue weighted by atomic mass is 35.5. The van der Waals surface area contributed by atoms with E-state index in [0.717, 1.165) is 11.1 Å². The van der Waals surface area contributed by atoms with Crippen molar-refractivity contribution in [2.24, 2.45) is 0 Å². The van der Waals surface area contributed by atoms with Crippen molar-refractivity contribution in [1.82, 2.24) is 9.21 Å². The first-order chi connectivity index (χ1) is 14.2. The molecule has 1 aliphatic heterocycles. The number of benzene rings is 2. The van der Waals surface area contributed by atoms with Crippen molar-refractivity contribution in [1.29, 1.82) is 0 Å². The van der Waals surface area contributed by atoms with E-state index in [1.165, 1.54) is 33.5 Å². The van der Waals surface area contributed by atoms with E-state index in [4.69, 9.17) is 16.3 Å². The topological polar surface area (TPSA) is 84.0 Å². The molecule has 0 N–H and O–H groups in total. The van der Waals surface area contributed by atoms with Crippen LogP contribution in [0.5, 0.6) is 0 Å². The monoisotopic (exact) mass is 450 g/mol. The summed E-state index contributed by atoms with van der Waals surface area (Å²) in [7, 11) is -3.65. The van der Waals surface area contributed by atoms with Crippen molar-refractivity contribution in [3.8, 4) is 0 Å². The molecule has 0 aliphatic carbocycles. The average Bonchev–Trinajstić information content (AvgIpc) is 2.74. The number of carbonyl (C=O) groups is 2. The summed E-state index contributed by atoms with van der Waals surface area (Å²) in [6.07, 6.45) is 0. The van der Waals surface area contributed by atoms with Crippen LogP contribution in [-0.2, 0) is 19.6 Å². The Bertz CT molecular complexity index is 1050. The number of hydrogen-bond acceptors (Lipinski definition) is 5. The fraction of sp³-hybridized carbons (Fsp3) is 0.333. The second kappa shape index (κ2) is 9.16. The third kappa shape index (κ3) is 4.83. The summed E-state index contributed by atoms with van der Waals surface area (Å²) in [6, 6.07) is 11.3. The molecule has 0 atom stereocenters. The van der Waals surface area contributed by atoms with Crippen LogP contribution in [-0.4, -0.2) is 62.3 Å². The van der Waals surface area contributed by atoms with Gasteiger partial charge in [-0.1, -0.05) is 23.7 Å². The first-order valence-electron chi connectivity index (χ1n) is 9.47. The zero-order valence-corrected chi connectivity index (χ0v) is 18.4. The highest BCUT2D eigenvalue weighted by Gasteiger charge is 2.30. The van der Waals surface area contributed by atoms with Crippen molar-refractivity contribution in [3.63, 3.8) is 0 Å². The summed E-state index contributed by atoms with van der Waals surface area (Å²) in [6.45, 7) is 4.14. The lowest BCUT2D eigenvalue weighted by Crippen LogP contribution is -2.51. The van der Waals surface area contributed by atoms with Gasteiger partial charge in [0.1, 0.15) is 0 Å². The Morgan fingerprint density at radius 1 is 1.00 bits per heavy atom. The zero-order valence-electron chi connectivity index (χ0n) is 16.8. The molecule has 0 radical (unpaired) electrons. The van der Waals surface area contributed by atoms with Gasteiger partial charge in [-0.25, -0.2) is 13.2 Å². The first kappa shape index (κ1) is 22.3. The lowest BCUT2D eigenvalue weighted by atomic mass is 10.0. The van der Waals surface area contributed by atoms with Crippen molar-refractivity contribution >= 4 is 33.5 Å². The SMILES string of the molecule is Cc1cccc(C(=O)OCC(=O)N2CCN(S(=O)(=O)c3ccc(Cl)cc3)CC2)c1C. The summed E-state index contributed by atoms with van der Waals surface area (Å²) in [5.41, 5.74) is 2.21. The third-order valence-electron chi connectivity index (χ3n) is 5.19. The Kier molecular flexibility index (Phi) is 6.80. The molecular weight excluding hydrogens is 428 g/mol. The molecule has 1 amide bonds. The number of aryl methyl sites for hydroxylation is 1. The second-order valence-corrected chi connectivity index (χ2v) is 9.44. The number of halogens is 1. The highest BCUT2D eigenvalue weighted by Crippen LogP contribution is 2.20. The molecule has 0 unspecified atom stereocenters. The normalized spacial score (nSPS) is 15.1. The van der Waals surface area contributed by atoms with Gasteiger partial charge in [0, 0.05) is 31.2 Å². The Hall–Kier alpha value is -2.42. The van der Waals surface area contributed by atoms with Crippen LogP contribution in [0.3, 0.4) is 0 Å². The van der Waals surface area contributed by atoms with Crippen LogP contribution in [0.25, 0.3) is 0 Å². The minimum absolute atomic E-state index is 0.161. The first-order valence-corrected chi connectivity index (χ1v) is 11.3. The average molecular weight is 451 g/mol. The highest BCUT2D eigenvalue weighted by molar-refractivity contribution is 7.89. The van der Waals surface area contributed by atoms with E-state index in [-0.39, 0.29) is 43.6 Å². The predicted octanol–water partition coefficient (Wildman–Crippen LogP) is 2.65. The van der Waals surface area contributed by atoms with Crippen molar-refractivity contribution < 1.29 is 22.7 Å². The summed E-state index contributed by atoms with van der Waals surface area (Å²) < 4.78 is 31.9. The Morgan fingerprint density at radius 2 is 1.63 bits per heavy atom. The van der Waals surface area contributed by atoms with Crippen molar-refractivity contribution in [2.75, 3.05) is 32.8 Å². The molecule has 0 bridgehead atoms. The molecular formula is C21H23ClN2O5S. The van der Waals surface area contributed by atoms with Gasteiger partial charge in [0.05, 0.1) is 10.5 Å². The van der Waals surface area contributed by atoms with Crippen LogP contribution >= 0.6 is 11.6 Å². The van der Waals surface area contributed by atoms with Gasteiger partial charge in [0.15, 0.2) is 6.61 Å². The second-order valence-electron chi connectivity index (χ2n) is 7.06. The summed E-state index contributed by atoms with van der Waals surface area (Å²) in [4.78, 5) is 26.4. The number of amides is 1. The zero-order chi connectivity index (χ0) is 21.9. The van der Waals surface area contributed by atoms with Gasteiger partial charge in [-0.3, -0.25) is 4.79 Å². The van der Waals surface area contributed by atoms with Crippen LogP contribution < -0.4 is 0 Å². The number of piperazine rings is 1. The number of rotatable bonds is 5. The molecule has 2 aromatic rings. The van der Waals surface area contributed by atoms with Gasteiger partial charge >= 0.3 is 5.97 Å². The number of sulfonamides is 1. The lowest BCUT2D eigenvalue weighted by Gasteiger charge is -2.33. The molecule has 1 heterocycles. The van der Waals surface area contributed by atoms with Gasteiger partial charge in [-0.05, 0) is 55.3 Å². The molecule has 0 spiro atoms. The number of carbonyl (C=O) groups excluding carboxylic acids is 2. The maximum Gasteiger partial charge on any atom is 0.338 e. The van der Waals surface area contributed by atoms with Crippen LogP contribution in [0.15, 0.2) is 47.4 Å². The van der Waals surface area contributed by atoms with Gasteiger partial charge in [0.2, 0.25) is 10.0 Å². The van der Waals surface area contributed by atoms with E-state index in [9.17, 15) is 18.0 Å². The molecule has 2 aromatic carbocycles. The minimum atomic E-state index is -3.65. The minimum Gasteiger partial charge on any atom is -0.452 e. The van der Waals surface area contributed by atoms with E-state index in [1.807, 2.05) is 19.9 Å². The summed E-state index contributed by atoms with van der Waals surface area (Å²) in [5, 5.41) is 0.458. The lowest BCUT2D eigenvalue weighted by molar-refractivity contribution is -0.135. The smallest absolute Gasteiger partial charge is 0.338 e. The number of nitrogens with zero attached hydrogens (tertiary/aromatic N) is 2. The van der Waals surface area contributed by atoms with E-state index < -0.39 is 16.0 Å².